The number of benzene rings is 2. The van der Waals surface area contributed by atoms with Crippen LogP contribution in [0.4, 0.5) is 10.5 Å². The molecule has 0 radical (unpaired) electrons. The fraction of sp³-hybridized carbons (Fsp3) is 0.333. The zero-order chi connectivity index (χ0) is 19.2. The van der Waals surface area contributed by atoms with Crippen LogP contribution in [0.2, 0.25) is 0 Å². The van der Waals surface area contributed by atoms with Crippen molar-refractivity contribution in [2.45, 2.75) is 13.5 Å². The lowest BCUT2D eigenvalue weighted by molar-refractivity contribution is 0.0600. The van der Waals surface area contributed by atoms with Gasteiger partial charge in [0.05, 0.1) is 12.7 Å². The molecule has 27 heavy (non-hydrogen) atoms. The number of carbonyl (C=O) groups is 2. The number of ether oxygens (including phenoxy) is 1. The summed E-state index contributed by atoms with van der Waals surface area (Å²) in [5, 5.41) is 2.99. The molecule has 0 unspecified atom stereocenters. The number of nitrogens with zero attached hydrogens (tertiary/aromatic N) is 2. The number of piperazine rings is 1. The first kappa shape index (κ1) is 18.8. The van der Waals surface area contributed by atoms with Gasteiger partial charge in [-0.3, -0.25) is 0 Å². The van der Waals surface area contributed by atoms with E-state index in [0.29, 0.717) is 25.2 Å². The van der Waals surface area contributed by atoms with Crippen LogP contribution in [-0.4, -0.2) is 50.2 Å². The molecule has 6 heteroatoms. The normalized spacial score (nSPS) is 14.0. The number of hydrogen-bond donors (Lipinski definition) is 1. The molecule has 0 spiro atoms. The summed E-state index contributed by atoms with van der Waals surface area (Å²) in [4.78, 5) is 28.0. The van der Waals surface area contributed by atoms with E-state index >= 15 is 0 Å². The zero-order valence-electron chi connectivity index (χ0n) is 15.8. The highest BCUT2D eigenvalue weighted by Gasteiger charge is 2.21. The Balaban J connectivity index is 1.49. The lowest BCUT2D eigenvalue weighted by Crippen LogP contribution is -2.51. The third-order valence-corrected chi connectivity index (χ3v) is 4.75. The van der Waals surface area contributed by atoms with Crippen LogP contribution in [0.25, 0.3) is 0 Å². The fourth-order valence-electron chi connectivity index (χ4n) is 3.21. The van der Waals surface area contributed by atoms with Gasteiger partial charge in [-0.1, -0.05) is 29.8 Å². The first-order valence-corrected chi connectivity index (χ1v) is 9.08. The van der Waals surface area contributed by atoms with Crippen LogP contribution in [0.1, 0.15) is 21.5 Å². The molecule has 0 atom stereocenters. The molecule has 2 amide bonds. The Bertz CT molecular complexity index is 797. The number of rotatable bonds is 4. The van der Waals surface area contributed by atoms with Gasteiger partial charge < -0.3 is 19.9 Å². The predicted octanol–water partition coefficient (Wildman–Crippen LogP) is 2.81. The fourth-order valence-corrected chi connectivity index (χ4v) is 3.21. The van der Waals surface area contributed by atoms with E-state index in [2.05, 4.69) is 16.3 Å². The van der Waals surface area contributed by atoms with Crippen LogP contribution in [0.5, 0.6) is 0 Å². The summed E-state index contributed by atoms with van der Waals surface area (Å²) in [6.45, 7) is 5.43. The molecule has 0 aliphatic carbocycles. The number of amides is 2. The van der Waals surface area contributed by atoms with Crippen LogP contribution in [0.15, 0.2) is 48.5 Å². The second kappa shape index (κ2) is 8.58. The van der Waals surface area contributed by atoms with E-state index in [4.69, 9.17) is 4.74 Å². The van der Waals surface area contributed by atoms with Crippen molar-refractivity contribution < 1.29 is 14.3 Å². The van der Waals surface area contributed by atoms with E-state index in [1.807, 2.05) is 42.2 Å². The van der Waals surface area contributed by atoms with Crippen molar-refractivity contribution in [1.29, 1.82) is 0 Å². The predicted molar refractivity (Wildman–Crippen MR) is 105 cm³/mol. The standard InChI is InChI=1S/C21H25N3O3/c1-16-4-3-5-17(14-16)15-22-21(26)24-12-10-23(11-13-24)19-8-6-18(7-9-19)20(25)27-2/h3-9,14H,10-13,15H2,1-2H3,(H,22,26). The van der Waals surface area contributed by atoms with Gasteiger partial charge in [-0.05, 0) is 36.8 Å². The quantitative estimate of drug-likeness (QED) is 0.844. The summed E-state index contributed by atoms with van der Waals surface area (Å²) < 4.78 is 4.72. The topological polar surface area (TPSA) is 61.9 Å². The lowest BCUT2D eigenvalue weighted by Gasteiger charge is -2.36. The van der Waals surface area contributed by atoms with E-state index in [-0.39, 0.29) is 12.0 Å². The molecule has 1 heterocycles. The van der Waals surface area contributed by atoms with Gasteiger partial charge in [0, 0.05) is 38.4 Å². The molecule has 0 aromatic heterocycles. The molecule has 2 aromatic carbocycles. The van der Waals surface area contributed by atoms with Crippen molar-refractivity contribution in [3.63, 3.8) is 0 Å². The molecule has 0 saturated carbocycles. The molecular formula is C21H25N3O3. The van der Waals surface area contributed by atoms with E-state index in [1.54, 1.807) is 12.1 Å². The average Bonchev–Trinajstić information content (AvgIpc) is 2.72. The third-order valence-electron chi connectivity index (χ3n) is 4.75. The number of hydrogen-bond acceptors (Lipinski definition) is 4. The number of carbonyl (C=O) groups excluding carboxylic acids is 2. The Labute approximate surface area is 159 Å². The molecule has 1 saturated heterocycles. The Morgan fingerprint density at radius 1 is 1.04 bits per heavy atom. The highest BCUT2D eigenvalue weighted by atomic mass is 16.5. The summed E-state index contributed by atoms with van der Waals surface area (Å²) in [6, 6.07) is 15.5. The Morgan fingerprint density at radius 3 is 2.37 bits per heavy atom. The van der Waals surface area contributed by atoms with Crippen LogP contribution in [-0.2, 0) is 11.3 Å². The molecule has 142 valence electrons. The number of urea groups is 1. The summed E-state index contributed by atoms with van der Waals surface area (Å²) in [7, 11) is 1.37. The smallest absolute Gasteiger partial charge is 0.337 e. The Morgan fingerprint density at radius 2 is 1.74 bits per heavy atom. The van der Waals surface area contributed by atoms with Gasteiger partial charge in [-0.15, -0.1) is 0 Å². The Hall–Kier alpha value is -3.02. The van der Waals surface area contributed by atoms with Gasteiger partial charge in [0.15, 0.2) is 0 Å². The number of methoxy groups -OCH3 is 1. The van der Waals surface area contributed by atoms with Crippen LogP contribution in [0.3, 0.4) is 0 Å². The van der Waals surface area contributed by atoms with Gasteiger partial charge in [0.2, 0.25) is 0 Å². The molecular weight excluding hydrogens is 342 g/mol. The summed E-state index contributed by atoms with van der Waals surface area (Å²) in [6.07, 6.45) is 0. The molecule has 6 nitrogen and oxygen atoms in total. The largest absolute Gasteiger partial charge is 0.465 e. The van der Waals surface area contributed by atoms with E-state index in [1.165, 1.54) is 12.7 Å². The molecule has 0 bridgehead atoms. The molecule has 2 aromatic rings. The van der Waals surface area contributed by atoms with Crippen LogP contribution in [0, 0.1) is 6.92 Å². The van der Waals surface area contributed by atoms with Crippen molar-refractivity contribution in [3.05, 3.63) is 65.2 Å². The minimum absolute atomic E-state index is 0.0304. The summed E-state index contributed by atoms with van der Waals surface area (Å²) in [5.74, 6) is -0.336. The molecule has 1 fully saturated rings. The van der Waals surface area contributed by atoms with E-state index in [0.717, 1.165) is 24.3 Å². The summed E-state index contributed by atoms with van der Waals surface area (Å²) >= 11 is 0. The maximum Gasteiger partial charge on any atom is 0.337 e. The van der Waals surface area contributed by atoms with Gasteiger partial charge in [-0.2, -0.15) is 0 Å². The number of esters is 1. The number of anilines is 1. The lowest BCUT2D eigenvalue weighted by atomic mass is 10.1. The first-order valence-electron chi connectivity index (χ1n) is 9.08. The van der Waals surface area contributed by atoms with Gasteiger partial charge >= 0.3 is 12.0 Å². The van der Waals surface area contributed by atoms with Crippen molar-refractivity contribution in [1.82, 2.24) is 10.2 Å². The van der Waals surface area contributed by atoms with Crippen LogP contribution < -0.4 is 10.2 Å². The monoisotopic (exact) mass is 367 g/mol. The number of nitrogens with one attached hydrogen (secondary N) is 1. The van der Waals surface area contributed by atoms with Crippen molar-refractivity contribution >= 4 is 17.7 Å². The minimum Gasteiger partial charge on any atom is -0.465 e. The van der Waals surface area contributed by atoms with Gasteiger partial charge in [0.1, 0.15) is 0 Å². The maximum atomic E-state index is 12.4. The van der Waals surface area contributed by atoms with Gasteiger partial charge in [0.25, 0.3) is 0 Å². The maximum absolute atomic E-state index is 12.4. The SMILES string of the molecule is COC(=O)c1ccc(N2CCN(C(=O)NCc3cccc(C)c3)CC2)cc1. The van der Waals surface area contributed by atoms with E-state index in [9.17, 15) is 9.59 Å². The van der Waals surface area contributed by atoms with Gasteiger partial charge in [-0.25, -0.2) is 9.59 Å². The highest BCUT2D eigenvalue weighted by molar-refractivity contribution is 5.89. The molecule has 3 rings (SSSR count). The minimum atomic E-state index is -0.336. The molecule has 1 aliphatic rings. The van der Waals surface area contributed by atoms with Crippen molar-refractivity contribution in [3.8, 4) is 0 Å². The van der Waals surface area contributed by atoms with E-state index < -0.39 is 0 Å². The summed E-state index contributed by atoms with van der Waals surface area (Å²) in [5.41, 5.74) is 3.87. The second-order valence-corrected chi connectivity index (χ2v) is 6.66. The van der Waals surface area contributed by atoms with Crippen molar-refractivity contribution in [2.24, 2.45) is 0 Å². The third kappa shape index (κ3) is 4.78. The first-order chi connectivity index (χ1) is 13.1. The molecule has 1 aliphatic heterocycles. The average molecular weight is 367 g/mol. The second-order valence-electron chi connectivity index (χ2n) is 6.66. The molecule has 1 N–H and O–H groups in total. The van der Waals surface area contributed by atoms with Crippen LogP contribution >= 0.6 is 0 Å². The highest BCUT2D eigenvalue weighted by Crippen LogP contribution is 2.18. The Kier molecular flexibility index (Phi) is 5.96. The zero-order valence-corrected chi connectivity index (χ0v) is 15.8. The van der Waals surface area contributed by atoms with Crippen molar-refractivity contribution in [2.75, 3.05) is 38.2 Å². The number of aryl methyl sites for hydroxylation is 1.